The summed E-state index contributed by atoms with van der Waals surface area (Å²) in [7, 11) is 0. The lowest BCUT2D eigenvalue weighted by Gasteiger charge is -2.25. The molecule has 0 radical (unpaired) electrons. The van der Waals surface area contributed by atoms with E-state index in [2.05, 4.69) is 51.2 Å². The monoisotopic (exact) mass is 253 g/mol. The third-order valence-electron chi connectivity index (χ3n) is 3.11. The van der Waals surface area contributed by atoms with Crippen LogP contribution in [0.4, 0.5) is 0 Å². The number of benzene rings is 1. The van der Waals surface area contributed by atoms with E-state index in [9.17, 15) is 0 Å². The fourth-order valence-corrected chi connectivity index (χ4v) is 2.31. The van der Waals surface area contributed by atoms with Gasteiger partial charge in [-0.15, -0.1) is 0 Å². The van der Waals surface area contributed by atoms with Crippen molar-refractivity contribution in [2.45, 2.75) is 40.5 Å². The van der Waals surface area contributed by atoms with Gasteiger partial charge in [-0.25, -0.2) is 0 Å². The number of hydrogen-bond acceptors (Lipinski definition) is 1. The molecule has 0 aliphatic heterocycles. The summed E-state index contributed by atoms with van der Waals surface area (Å²) in [6.07, 6.45) is 2.21. The maximum Gasteiger partial charge on any atom is 0.0440 e. The molecule has 0 fully saturated rings. The van der Waals surface area contributed by atoms with E-state index in [-0.39, 0.29) is 0 Å². The zero-order valence-corrected chi connectivity index (χ0v) is 12.2. The molecule has 0 saturated carbocycles. The molecule has 1 aromatic carbocycles. The lowest BCUT2D eigenvalue weighted by Crippen LogP contribution is -2.24. The summed E-state index contributed by atoms with van der Waals surface area (Å²) in [5.74, 6) is 0. The SMILES string of the molecule is CCNCCC(C)(C)Cc1ccc(C)cc1Cl. The minimum atomic E-state index is 0.293. The molecular weight excluding hydrogens is 230 g/mol. The van der Waals surface area contributed by atoms with Crippen LogP contribution in [-0.4, -0.2) is 13.1 Å². The maximum atomic E-state index is 6.28. The molecule has 1 aromatic rings. The fraction of sp³-hybridized carbons (Fsp3) is 0.600. The summed E-state index contributed by atoms with van der Waals surface area (Å²) < 4.78 is 0. The quantitative estimate of drug-likeness (QED) is 0.749. The van der Waals surface area contributed by atoms with Gasteiger partial charge < -0.3 is 5.32 Å². The van der Waals surface area contributed by atoms with Gasteiger partial charge in [-0.3, -0.25) is 0 Å². The van der Waals surface area contributed by atoms with Crippen LogP contribution in [0.15, 0.2) is 18.2 Å². The first-order valence-corrected chi connectivity index (χ1v) is 6.78. The second-order valence-electron chi connectivity index (χ2n) is 5.54. The fourth-order valence-electron chi connectivity index (χ4n) is 2.00. The second-order valence-corrected chi connectivity index (χ2v) is 5.95. The molecule has 0 unspecified atom stereocenters. The van der Waals surface area contributed by atoms with Crippen molar-refractivity contribution in [2.75, 3.05) is 13.1 Å². The van der Waals surface area contributed by atoms with E-state index < -0.39 is 0 Å². The van der Waals surface area contributed by atoms with E-state index in [1.54, 1.807) is 0 Å². The van der Waals surface area contributed by atoms with E-state index in [0.717, 1.165) is 24.5 Å². The van der Waals surface area contributed by atoms with Crippen molar-refractivity contribution in [3.05, 3.63) is 34.3 Å². The number of halogens is 1. The number of hydrogen-bond donors (Lipinski definition) is 1. The van der Waals surface area contributed by atoms with Gasteiger partial charge in [0.05, 0.1) is 0 Å². The molecule has 0 amide bonds. The van der Waals surface area contributed by atoms with Crippen LogP contribution in [0.1, 0.15) is 38.3 Å². The molecule has 0 saturated heterocycles. The Hall–Kier alpha value is -0.530. The van der Waals surface area contributed by atoms with Crippen molar-refractivity contribution < 1.29 is 0 Å². The Labute approximate surface area is 111 Å². The third kappa shape index (κ3) is 5.10. The normalized spacial score (nSPS) is 11.8. The number of rotatable bonds is 6. The van der Waals surface area contributed by atoms with Crippen molar-refractivity contribution in [1.29, 1.82) is 0 Å². The lowest BCUT2D eigenvalue weighted by molar-refractivity contribution is 0.327. The van der Waals surface area contributed by atoms with Crippen LogP contribution >= 0.6 is 11.6 Å². The summed E-state index contributed by atoms with van der Waals surface area (Å²) in [4.78, 5) is 0. The first-order valence-electron chi connectivity index (χ1n) is 6.40. The van der Waals surface area contributed by atoms with Crippen LogP contribution in [0, 0.1) is 12.3 Å². The van der Waals surface area contributed by atoms with Gasteiger partial charge in [0.2, 0.25) is 0 Å². The molecule has 0 aromatic heterocycles. The minimum absolute atomic E-state index is 0.293. The Kier molecular flexibility index (Phi) is 5.48. The topological polar surface area (TPSA) is 12.0 Å². The van der Waals surface area contributed by atoms with Crippen molar-refractivity contribution in [1.82, 2.24) is 5.32 Å². The van der Waals surface area contributed by atoms with Gasteiger partial charge in [-0.05, 0) is 55.5 Å². The van der Waals surface area contributed by atoms with Crippen LogP contribution in [0.25, 0.3) is 0 Å². The predicted molar refractivity (Wildman–Crippen MR) is 76.8 cm³/mol. The summed E-state index contributed by atoms with van der Waals surface area (Å²) in [6, 6.07) is 6.35. The van der Waals surface area contributed by atoms with Gasteiger partial charge in [0.25, 0.3) is 0 Å². The highest BCUT2D eigenvalue weighted by Crippen LogP contribution is 2.29. The van der Waals surface area contributed by atoms with Gasteiger partial charge in [0.1, 0.15) is 0 Å². The van der Waals surface area contributed by atoms with Crippen molar-refractivity contribution in [2.24, 2.45) is 5.41 Å². The van der Waals surface area contributed by atoms with E-state index in [1.807, 2.05) is 0 Å². The Morgan fingerprint density at radius 2 is 2.00 bits per heavy atom. The van der Waals surface area contributed by atoms with Crippen LogP contribution < -0.4 is 5.32 Å². The molecule has 0 spiro atoms. The van der Waals surface area contributed by atoms with Gasteiger partial charge in [0, 0.05) is 5.02 Å². The zero-order chi connectivity index (χ0) is 12.9. The molecule has 0 bridgehead atoms. The zero-order valence-electron chi connectivity index (χ0n) is 11.4. The number of aryl methyl sites for hydroxylation is 1. The summed E-state index contributed by atoms with van der Waals surface area (Å²) >= 11 is 6.28. The lowest BCUT2D eigenvalue weighted by atomic mass is 9.82. The molecule has 0 atom stereocenters. The van der Waals surface area contributed by atoms with Crippen LogP contribution in [-0.2, 0) is 6.42 Å². The smallest absolute Gasteiger partial charge is 0.0440 e. The first kappa shape index (κ1) is 14.5. The van der Waals surface area contributed by atoms with Crippen molar-refractivity contribution >= 4 is 11.6 Å². The largest absolute Gasteiger partial charge is 0.317 e. The average molecular weight is 254 g/mol. The molecule has 1 rings (SSSR count). The molecule has 17 heavy (non-hydrogen) atoms. The Bertz CT molecular complexity index is 358. The molecule has 2 heteroatoms. The van der Waals surface area contributed by atoms with Gasteiger partial charge in [0.15, 0.2) is 0 Å². The van der Waals surface area contributed by atoms with Gasteiger partial charge in [-0.1, -0.05) is 44.5 Å². The Balaban J connectivity index is 2.62. The molecule has 0 aliphatic carbocycles. The predicted octanol–water partition coefficient (Wildman–Crippen LogP) is 4.22. The van der Waals surface area contributed by atoms with Gasteiger partial charge >= 0.3 is 0 Å². The standard InChI is InChI=1S/C15H24ClN/c1-5-17-9-8-15(3,4)11-13-7-6-12(2)10-14(13)16/h6-7,10,17H,5,8-9,11H2,1-4H3. The highest BCUT2D eigenvalue weighted by molar-refractivity contribution is 6.31. The van der Waals surface area contributed by atoms with Crippen molar-refractivity contribution in [3.63, 3.8) is 0 Å². The molecule has 1 nitrogen and oxygen atoms in total. The Morgan fingerprint density at radius 3 is 2.59 bits per heavy atom. The molecule has 1 N–H and O–H groups in total. The molecule has 96 valence electrons. The van der Waals surface area contributed by atoms with E-state index in [0.29, 0.717) is 5.41 Å². The minimum Gasteiger partial charge on any atom is -0.317 e. The third-order valence-corrected chi connectivity index (χ3v) is 3.46. The summed E-state index contributed by atoms with van der Waals surface area (Å²) in [5, 5.41) is 4.29. The average Bonchev–Trinajstić information content (AvgIpc) is 2.22. The van der Waals surface area contributed by atoms with E-state index in [1.165, 1.54) is 17.5 Å². The number of nitrogens with one attached hydrogen (secondary N) is 1. The van der Waals surface area contributed by atoms with Crippen LogP contribution in [0.3, 0.4) is 0 Å². The van der Waals surface area contributed by atoms with E-state index in [4.69, 9.17) is 11.6 Å². The highest BCUT2D eigenvalue weighted by atomic mass is 35.5. The van der Waals surface area contributed by atoms with Gasteiger partial charge in [-0.2, -0.15) is 0 Å². The highest BCUT2D eigenvalue weighted by Gasteiger charge is 2.19. The van der Waals surface area contributed by atoms with Crippen LogP contribution in [0.2, 0.25) is 5.02 Å². The van der Waals surface area contributed by atoms with Crippen molar-refractivity contribution in [3.8, 4) is 0 Å². The Morgan fingerprint density at radius 1 is 1.29 bits per heavy atom. The second kappa shape index (κ2) is 6.42. The van der Waals surface area contributed by atoms with E-state index >= 15 is 0 Å². The molecule has 0 aliphatic rings. The summed E-state index contributed by atoms with van der Waals surface area (Å²) in [5.41, 5.74) is 2.78. The molecule has 0 heterocycles. The maximum absolute atomic E-state index is 6.28. The summed E-state index contributed by atoms with van der Waals surface area (Å²) in [6.45, 7) is 10.9. The first-order chi connectivity index (χ1) is 7.94. The van der Waals surface area contributed by atoms with Crippen LogP contribution in [0.5, 0.6) is 0 Å². The molecular formula is C15H24ClN.